The van der Waals surface area contributed by atoms with Gasteiger partial charge in [-0.2, -0.15) is 0 Å². The number of hydrogen-bond donors (Lipinski definition) is 1. The van der Waals surface area contributed by atoms with E-state index in [0.29, 0.717) is 24.8 Å². The molecule has 8 heteroatoms. The van der Waals surface area contributed by atoms with Gasteiger partial charge in [0.2, 0.25) is 11.8 Å². The summed E-state index contributed by atoms with van der Waals surface area (Å²) in [6, 6.07) is 7.96. The van der Waals surface area contributed by atoms with Gasteiger partial charge in [-0.15, -0.1) is 0 Å². The summed E-state index contributed by atoms with van der Waals surface area (Å²) in [6.07, 6.45) is 3.60. The van der Waals surface area contributed by atoms with Crippen LogP contribution in [0.25, 0.3) is 11.5 Å². The van der Waals surface area contributed by atoms with Crippen molar-refractivity contribution in [3.8, 4) is 11.5 Å². The van der Waals surface area contributed by atoms with Crippen LogP contribution in [0.5, 0.6) is 0 Å². The zero-order valence-corrected chi connectivity index (χ0v) is 17.5. The zero-order chi connectivity index (χ0) is 20.8. The maximum atomic E-state index is 12.5. The van der Waals surface area contributed by atoms with Crippen molar-refractivity contribution in [3.63, 3.8) is 0 Å². The number of aryl methyl sites for hydroxylation is 1. The van der Waals surface area contributed by atoms with Crippen LogP contribution in [0.3, 0.4) is 0 Å². The Labute approximate surface area is 175 Å². The van der Waals surface area contributed by atoms with Crippen molar-refractivity contribution in [2.75, 3.05) is 24.5 Å². The monoisotopic (exact) mass is 413 g/mol. The molecule has 0 saturated carbocycles. The molecule has 0 spiro atoms. The highest BCUT2D eigenvalue weighted by Gasteiger charge is 2.16. The summed E-state index contributed by atoms with van der Waals surface area (Å²) in [7, 11) is 0. The third-order valence-electron chi connectivity index (χ3n) is 4.51. The van der Waals surface area contributed by atoms with E-state index in [2.05, 4.69) is 20.3 Å². The maximum Gasteiger partial charge on any atom is 0.271 e. The van der Waals surface area contributed by atoms with Crippen molar-refractivity contribution in [3.05, 3.63) is 58.7 Å². The molecule has 2 aromatic heterocycles. The highest BCUT2D eigenvalue weighted by molar-refractivity contribution is 6.33. The summed E-state index contributed by atoms with van der Waals surface area (Å²) in [6.45, 7) is 7.92. The molecule has 0 aliphatic heterocycles. The third-order valence-corrected chi connectivity index (χ3v) is 4.79. The van der Waals surface area contributed by atoms with E-state index in [4.69, 9.17) is 16.0 Å². The molecule has 152 valence electrons. The molecule has 0 saturated heterocycles. The first-order valence-corrected chi connectivity index (χ1v) is 9.96. The van der Waals surface area contributed by atoms with Crippen molar-refractivity contribution >= 4 is 23.5 Å². The van der Waals surface area contributed by atoms with Crippen LogP contribution in [0.1, 0.15) is 35.6 Å². The van der Waals surface area contributed by atoms with E-state index < -0.39 is 0 Å². The molecule has 3 aromatic rings. The van der Waals surface area contributed by atoms with Crippen molar-refractivity contribution in [2.24, 2.45) is 0 Å². The van der Waals surface area contributed by atoms with Gasteiger partial charge in [0.05, 0.1) is 16.9 Å². The molecule has 3 rings (SSSR count). The molecule has 0 atom stereocenters. The van der Waals surface area contributed by atoms with Gasteiger partial charge in [0.1, 0.15) is 6.26 Å². The number of hydrogen-bond acceptors (Lipinski definition) is 6. The standard InChI is InChI=1S/C21H24ClN5O2/c1-4-27(5-2)21-24-12-17(22)18(26-21)19(28)23-11-10-16-13-29-20(25-16)15-8-6-14(3)7-9-15/h6-9,12-13H,4-5,10-11H2,1-3H3,(H,23,28). The average molecular weight is 414 g/mol. The van der Waals surface area contributed by atoms with Gasteiger partial charge in [-0.3, -0.25) is 4.79 Å². The minimum absolute atomic E-state index is 0.170. The molecule has 0 bridgehead atoms. The molecule has 1 aromatic carbocycles. The molecule has 0 aliphatic carbocycles. The predicted molar refractivity (Wildman–Crippen MR) is 113 cm³/mol. The molecule has 0 aliphatic rings. The lowest BCUT2D eigenvalue weighted by molar-refractivity contribution is 0.0949. The van der Waals surface area contributed by atoms with Crippen molar-refractivity contribution in [1.82, 2.24) is 20.3 Å². The average Bonchev–Trinajstić information content (AvgIpc) is 3.19. The van der Waals surface area contributed by atoms with E-state index in [1.165, 1.54) is 11.8 Å². The third kappa shape index (κ3) is 5.12. The highest BCUT2D eigenvalue weighted by atomic mass is 35.5. The van der Waals surface area contributed by atoms with Gasteiger partial charge in [0.15, 0.2) is 5.69 Å². The van der Waals surface area contributed by atoms with E-state index in [0.717, 1.165) is 24.3 Å². The van der Waals surface area contributed by atoms with Gasteiger partial charge in [0.25, 0.3) is 5.91 Å². The number of nitrogens with zero attached hydrogens (tertiary/aromatic N) is 4. The van der Waals surface area contributed by atoms with Gasteiger partial charge >= 0.3 is 0 Å². The Morgan fingerprint density at radius 2 is 1.90 bits per heavy atom. The largest absolute Gasteiger partial charge is 0.444 e. The van der Waals surface area contributed by atoms with Crippen LogP contribution in [-0.4, -0.2) is 40.5 Å². The Kier molecular flexibility index (Phi) is 6.82. The van der Waals surface area contributed by atoms with E-state index in [1.807, 2.05) is 49.9 Å². The fourth-order valence-electron chi connectivity index (χ4n) is 2.81. The van der Waals surface area contributed by atoms with Crippen LogP contribution in [0.15, 0.2) is 41.1 Å². The summed E-state index contributed by atoms with van der Waals surface area (Å²) in [5.41, 5.74) is 3.03. The fourth-order valence-corrected chi connectivity index (χ4v) is 2.99. The van der Waals surface area contributed by atoms with E-state index in [-0.39, 0.29) is 16.6 Å². The first-order chi connectivity index (χ1) is 14.0. The van der Waals surface area contributed by atoms with Gasteiger partial charge < -0.3 is 14.6 Å². The number of anilines is 1. The first kappa shape index (κ1) is 20.8. The lowest BCUT2D eigenvalue weighted by Crippen LogP contribution is -2.29. The molecular weight excluding hydrogens is 390 g/mol. The Bertz CT molecular complexity index is 967. The minimum Gasteiger partial charge on any atom is -0.444 e. The first-order valence-electron chi connectivity index (χ1n) is 9.59. The maximum absolute atomic E-state index is 12.5. The Morgan fingerprint density at radius 1 is 1.17 bits per heavy atom. The highest BCUT2D eigenvalue weighted by Crippen LogP contribution is 2.19. The SMILES string of the molecule is CCN(CC)c1ncc(Cl)c(C(=O)NCCc2coc(-c3ccc(C)cc3)n2)n1. The van der Waals surface area contributed by atoms with Gasteiger partial charge in [-0.1, -0.05) is 29.3 Å². The second kappa shape index (κ2) is 9.52. The van der Waals surface area contributed by atoms with Crippen LogP contribution < -0.4 is 10.2 Å². The number of benzene rings is 1. The van der Waals surface area contributed by atoms with Crippen molar-refractivity contribution in [1.29, 1.82) is 0 Å². The molecule has 0 radical (unpaired) electrons. The Hall–Kier alpha value is -2.93. The summed E-state index contributed by atoms with van der Waals surface area (Å²) in [5.74, 6) is 0.714. The second-order valence-electron chi connectivity index (χ2n) is 6.55. The summed E-state index contributed by atoms with van der Waals surface area (Å²) in [5, 5.41) is 3.06. The van der Waals surface area contributed by atoms with Crippen molar-refractivity contribution in [2.45, 2.75) is 27.2 Å². The number of rotatable bonds is 8. The van der Waals surface area contributed by atoms with Crippen molar-refractivity contribution < 1.29 is 9.21 Å². The van der Waals surface area contributed by atoms with E-state index in [1.54, 1.807) is 6.26 Å². The lowest BCUT2D eigenvalue weighted by Gasteiger charge is -2.18. The van der Waals surface area contributed by atoms with Gasteiger partial charge in [0, 0.05) is 31.6 Å². The fraction of sp³-hybridized carbons (Fsp3) is 0.333. The summed E-state index contributed by atoms with van der Waals surface area (Å²) >= 11 is 6.13. The predicted octanol–water partition coefficient (Wildman–Crippen LogP) is 3.91. The van der Waals surface area contributed by atoms with Crippen LogP contribution in [0.4, 0.5) is 5.95 Å². The zero-order valence-electron chi connectivity index (χ0n) is 16.8. The van der Waals surface area contributed by atoms with E-state index >= 15 is 0 Å². The number of nitrogens with one attached hydrogen (secondary N) is 1. The molecular formula is C21H24ClN5O2. The number of amides is 1. The Balaban J connectivity index is 1.60. The molecule has 1 amide bonds. The second-order valence-corrected chi connectivity index (χ2v) is 6.96. The topological polar surface area (TPSA) is 84.2 Å². The van der Waals surface area contributed by atoms with Crippen LogP contribution >= 0.6 is 11.6 Å². The summed E-state index contributed by atoms with van der Waals surface area (Å²) in [4.78, 5) is 27.5. The molecule has 7 nitrogen and oxygen atoms in total. The Morgan fingerprint density at radius 3 is 2.59 bits per heavy atom. The van der Waals surface area contributed by atoms with Gasteiger partial charge in [-0.25, -0.2) is 15.0 Å². The number of halogens is 1. The van der Waals surface area contributed by atoms with E-state index in [9.17, 15) is 4.79 Å². The number of aromatic nitrogens is 3. The number of oxazole rings is 1. The normalized spacial score (nSPS) is 10.8. The van der Waals surface area contributed by atoms with Gasteiger partial charge in [-0.05, 0) is 32.9 Å². The molecule has 2 heterocycles. The molecule has 0 unspecified atom stereocenters. The molecule has 29 heavy (non-hydrogen) atoms. The molecule has 1 N–H and O–H groups in total. The minimum atomic E-state index is -0.340. The number of carbonyl (C=O) groups is 1. The lowest BCUT2D eigenvalue weighted by atomic mass is 10.1. The quantitative estimate of drug-likeness (QED) is 0.602. The van der Waals surface area contributed by atoms with Crippen LogP contribution in [0, 0.1) is 6.92 Å². The summed E-state index contributed by atoms with van der Waals surface area (Å²) < 4.78 is 5.55. The van der Waals surface area contributed by atoms with Crippen LogP contribution in [-0.2, 0) is 6.42 Å². The number of carbonyl (C=O) groups excluding carboxylic acids is 1. The smallest absolute Gasteiger partial charge is 0.271 e. The van der Waals surface area contributed by atoms with Crippen LogP contribution in [0.2, 0.25) is 5.02 Å². The molecule has 0 fully saturated rings.